The molecule has 1 N–H and O–H groups in total. The molecule has 0 aliphatic rings. The van der Waals surface area contributed by atoms with Gasteiger partial charge >= 0.3 is 0 Å². The van der Waals surface area contributed by atoms with Crippen LogP contribution in [0.2, 0.25) is 0 Å². The van der Waals surface area contributed by atoms with Gasteiger partial charge in [0.25, 0.3) is 0 Å². The fraction of sp³-hybridized carbons (Fsp3) is 0.400. The average molecular weight is 244 g/mol. The molecule has 0 radical (unpaired) electrons. The van der Waals surface area contributed by atoms with Gasteiger partial charge in [0.15, 0.2) is 0 Å². The molecule has 0 bridgehead atoms. The van der Waals surface area contributed by atoms with Gasteiger partial charge in [0.2, 0.25) is 0 Å². The van der Waals surface area contributed by atoms with Gasteiger partial charge in [0.05, 0.1) is 5.52 Å². The number of benzene rings is 1. The summed E-state index contributed by atoms with van der Waals surface area (Å²) >= 11 is 0. The Kier molecular flexibility index (Phi) is 4.15. The first kappa shape index (κ1) is 12.8. The second-order valence-electron chi connectivity index (χ2n) is 4.81. The van der Waals surface area contributed by atoms with Gasteiger partial charge in [-0.3, -0.25) is 4.98 Å². The van der Waals surface area contributed by atoms with Gasteiger partial charge in [-0.1, -0.05) is 19.9 Å². The smallest absolute Gasteiger partial charge is 0.121 e. The number of likely N-dealkylation sites (N-methyl/N-ethyl adjacent to an activating group) is 1. The molecule has 1 atom stereocenters. The maximum atomic E-state index is 5.83. The van der Waals surface area contributed by atoms with Crippen LogP contribution in [0.4, 0.5) is 0 Å². The highest BCUT2D eigenvalue weighted by molar-refractivity contribution is 5.79. The van der Waals surface area contributed by atoms with E-state index in [2.05, 4.69) is 30.2 Å². The first-order valence-corrected chi connectivity index (χ1v) is 6.35. The summed E-state index contributed by atoms with van der Waals surface area (Å²) in [6, 6.07) is 10.4. The van der Waals surface area contributed by atoms with Crippen molar-refractivity contribution >= 4 is 10.9 Å². The number of hydrogen-bond acceptors (Lipinski definition) is 3. The van der Waals surface area contributed by atoms with Crippen LogP contribution in [0.5, 0.6) is 5.75 Å². The number of nitrogens with zero attached hydrogens (tertiary/aromatic N) is 1. The molecule has 0 saturated carbocycles. The van der Waals surface area contributed by atoms with Crippen LogP contribution in [0.1, 0.15) is 13.8 Å². The summed E-state index contributed by atoms with van der Waals surface area (Å²) in [6.45, 7) is 5.05. The van der Waals surface area contributed by atoms with Crippen LogP contribution < -0.4 is 10.1 Å². The molecule has 3 nitrogen and oxygen atoms in total. The molecule has 96 valence electrons. The zero-order valence-electron chi connectivity index (χ0n) is 11.2. The molecule has 1 aromatic heterocycles. The fourth-order valence-corrected chi connectivity index (χ4v) is 1.93. The number of nitrogens with one attached hydrogen (secondary N) is 1. The minimum Gasteiger partial charge on any atom is -0.492 e. The highest BCUT2D eigenvalue weighted by Gasteiger charge is 2.11. The normalized spacial score (nSPS) is 12.9. The van der Waals surface area contributed by atoms with Crippen molar-refractivity contribution in [3.8, 4) is 5.75 Å². The van der Waals surface area contributed by atoms with Crippen molar-refractivity contribution in [1.29, 1.82) is 0 Å². The number of aromatic nitrogens is 1. The van der Waals surface area contributed by atoms with Crippen molar-refractivity contribution in [3.05, 3.63) is 36.5 Å². The Morgan fingerprint density at radius 2 is 2.11 bits per heavy atom. The molecule has 0 fully saturated rings. The van der Waals surface area contributed by atoms with Gasteiger partial charge in [0.1, 0.15) is 12.4 Å². The van der Waals surface area contributed by atoms with E-state index in [1.165, 1.54) is 0 Å². The van der Waals surface area contributed by atoms with Crippen molar-refractivity contribution in [2.45, 2.75) is 19.9 Å². The molecular formula is C15H20N2O. The van der Waals surface area contributed by atoms with Gasteiger partial charge in [-0.05, 0) is 31.2 Å². The van der Waals surface area contributed by atoms with E-state index in [4.69, 9.17) is 4.74 Å². The third-order valence-electron chi connectivity index (χ3n) is 3.18. The molecule has 0 spiro atoms. The molecular weight excluding hydrogens is 224 g/mol. The van der Waals surface area contributed by atoms with Crippen molar-refractivity contribution in [3.63, 3.8) is 0 Å². The van der Waals surface area contributed by atoms with E-state index < -0.39 is 0 Å². The van der Waals surface area contributed by atoms with E-state index in [9.17, 15) is 0 Å². The summed E-state index contributed by atoms with van der Waals surface area (Å²) in [7, 11) is 1.97. The summed E-state index contributed by atoms with van der Waals surface area (Å²) < 4.78 is 5.83. The van der Waals surface area contributed by atoms with Gasteiger partial charge in [0, 0.05) is 23.7 Å². The lowest BCUT2D eigenvalue weighted by atomic mass is 10.1. The van der Waals surface area contributed by atoms with Crippen molar-refractivity contribution in [2.24, 2.45) is 5.92 Å². The summed E-state index contributed by atoms with van der Waals surface area (Å²) in [5.74, 6) is 1.43. The topological polar surface area (TPSA) is 34.1 Å². The fourth-order valence-electron chi connectivity index (χ4n) is 1.93. The monoisotopic (exact) mass is 244 g/mol. The highest BCUT2D eigenvalue weighted by atomic mass is 16.5. The number of fused-ring (bicyclic) bond motifs is 1. The highest BCUT2D eigenvalue weighted by Crippen LogP contribution is 2.19. The molecule has 0 amide bonds. The summed E-state index contributed by atoms with van der Waals surface area (Å²) in [6.07, 6.45) is 1.80. The molecule has 18 heavy (non-hydrogen) atoms. The molecule has 2 aromatic rings. The van der Waals surface area contributed by atoms with Crippen molar-refractivity contribution in [1.82, 2.24) is 10.3 Å². The Morgan fingerprint density at radius 3 is 2.83 bits per heavy atom. The van der Waals surface area contributed by atoms with Crippen LogP contribution in [-0.4, -0.2) is 24.7 Å². The summed E-state index contributed by atoms with van der Waals surface area (Å²) in [5, 5.41) is 4.41. The maximum absolute atomic E-state index is 5.83. The molecule has 2 rings (SSSR count). The van der Waals surface area contributed by atoms with Crippen LogP contribution in [0.15, 0.2) is 36.5 Å². The largest absolute Gasteiger partial charge is 0.492 e. The van der Waals surface area contributed by atoms with Gasteiger partial charge in [-0.25, -0.2) is 0 Å². The Bertz CT molecular complexity index is 511. The lowest BCUT2D eigenvalue weighted by Crippen LogP contribution is -2.36. The second kappa shape index (κ2) is 5.83. The lowest BCUT2D eigenvalue weighted by molar-refractivity contribution is 0.238. The van der Waals surface area contributed by atoms with Crippen LogP contribution in [0, 0.1) is 5.92 Å². The third kappa shape index (κ3) is 2.99. The molecule has 1 heterocycles. The van der Waals surface area contributed by atoms with Gasteiger partial charge in [-0.15, -0.1) is 0 Å². The predicted molar refractivity (Wildman–Crippen MR) is 74.9 cm³/mol. The zero-order chi connectivity index (χ0) is 13.0. The van der Waals surface area contributed by atoms with Crippen LogP contribution in [0.25, 0.3) is 10.9 Å². The number of ether oxygens (including phenoxy) is 1. The zero-order valence-corrected chi connectivity index (χ0v) is 11.2. The molecule has 0 aliphatic carbocycles. The quantitative estimate of drug-likeness (QED) is 0.878. The van der Waals surface area contributed by atoms with E-state index in [1.54, 1.807) is 6.20 Å². The van der Waals surface area contributed by atoms with E-state index >= 15 is 0 Å². The lowest BCUT2D eigenvalue weighted by Gasteiger charge is -2.20. The van der Waals surface area contributed by atoms with Gasteiger partial charge < -0.3 is 10.1 Å². The SMILES string of the molecule is CNC(COc1ccc2cccnc2c1)C(C)C. The average Bonchev–Trinajstić information content (AvgIpc) is 2.39. The van der Waals surface area contributed by atoms with Crippen molar-refractivity contribution < 1.29 is 4.74 Å². The van der Waals surface area contributed by atoms with Crippen molar-refractivity contribution in [2.75, 3.05) is 13.7 Å². The van der Waals surface area contributed by atoms with E-state index in [0.29, 0.717) is 18.6 Å². The standard InChI is InChI=1S/C15H20N2O/c1-11(2)15(16-3)10-18-13-7-6-12-5-4-8-17-14(12)9-13/h4-9,11,15-16H,10H2,1-3H3. The number of pyridine rings is 1. The predicted octanol–water partition coefficient (Wildman–Crippen LogP) is 2.86. The van der Waals surface area contributed by atoms with E-state index in [0.717, 1.165) is 16.7 Å². The first-order valence-electron chi connectivity index (χ1n) is 6.35. The third-order valence-corrected chi connectivity index (χ3v) is 3.18. The molecule has 3 heteroatoms. The molecule has 0 saturated heterocycles. The van der Waals surface area contributed by atoms with E-state index in [1.807, 2.05) is 31.3 Å². The Hall–Kier alpha value is -1.61. The van der Waals surface area contributed by atoms with Gasteiger partial charge in [-0.2, -0.15) is 0 Å². The van der Waals surface area contributed by atoms with Crippen LogP contribution >= 0.6 is 0 Å². The second-order valence-corrected chi connectivity index (χ2v) is 4.81. The summed E-state index contributed by atoms with van der Waals surface area (Å²) in [4.78, 5) is 4.33. The first-order chi connectivity index (χ1) is 8.70. The molecule has 1 unspecified atom stereocenters. The Morgan fingerprint density at radius 1 is 1.28 bits per heavy atom. The Balaban J connectivity index is 2.07. The van der Waals surface area contributed by atoms with Crippen LogP contribution in [-0.2, 0) is 0 Å². The molecule has 0 aliphatic heterocycles. The number of hydrogen-bond donors (Lipinski definition) is 1. The summed E-state index contributed by atoms with van der Waals surface area (Å²) in [5.41, 5.74) is 0.973. The minimum atomic E-state index is 0.365. The Labute approximate surface area is 108 Å². The number of rotatable bonds is 5. The van der Waals surface area contributed by atoms with Crippen LogP contribution in [0.3, 0.4) is 0 Å². The van der Waals surface area contributed by atoms with E-state index in [-0.39, 0.29) is 0 Å². The molecule has 1 aromatic carbocycles. The maximum Gasteiger partial charge on any atom is 0.121 e. The minimum absolute atomic E-state index is 0.365.